The molecule has 3 N–H and O–H groups in total. The minimum absolute atomic E-state index is 0.00652. The van der Waals surface area contributed by atoms with Crippen molar-refractivity contribution in [3.05, 3.63) is 22.7 Å². The SMILES string of the molecule is CCCN(CC(=O)NC)S(=O)(=O)c1cc(N)c(C)c(Cl)c1. The predicted octanol–water partition coefficient (Wildman–Crippen LogP) is 1.38. The lowest BCUT2D eigenvalue weighted by atomic mass is 10.2. The van der Waals surface area contributed by atoms with E-state index in [9.17, 15) is 13.2 Å². The number of likely N-dealkylation sites (N-methyl/N-ethyl adjacent to an activating group) is 1. The van der Waals surface area contributed by atoms with E-state index in [1.54, 1.807) is 6.92 Å². The van der Waals surface area contributed by atoms with Crippen LogP contribution >= 0.6 is 11.6 Å². The number of carbonyl (C=O) groups excluding carboxylic acids is 1. The number of halogens is 1. The molecule has 0 aliphatic carbocycles. The highest BCUT2D eigenvalue weighted by Crippen LogP contribution is 2.27. The van der Waals surface area contributed by atoms with Crippen LogP contribution in [0.3, 0.4) is 0 Å². The predicted molar refractivity (Wildman–Crippen MR) is 83.7 cm³/mol. The molecule has 0 aromatic heterocycles. The highest BCUT2D eigenvalue weighted by atomic mass is 35.5. The summed E-state index contributed by atoms with van der Waals surface area (Å²) in [5.41, 5.74) is 6.70. The molecule has 0 saturated heterocycles. The van der Waals surface area contributed by atoms with Crippen LogP contribution < -0.4 is 11.1 Å². The average Bonchev–Trinajstić information content (AvgIpc) is 2.43. The molecule has 1 amide bonds. The molecule has 0 spiro atoms. The number of hydrogen-bond acceptors (Lipinski definition) is 4. The first-order valence-corrected chi connectivity index (χ1v) is 8.32. The van der Waals surface area contributed by atoms with Gasteiger partial charge in [0.05, 0.1) is 11.4 Å². The lowest BCUT2D eigenvalue weighted by molar-refractivity contribution is -0.120. The fourth-order valence-electron chi connectivity index (χ4n) is 1.75. The van der Waals surface area contributed by atoms with Gasteiger partial charge in [-0.15, -0.1) is 0 Å². The van der Waals surface area contributed by atoms with Gasteiger partial charge in [0, 0.05) is 24.3 Å². The Morgan fingerprint density at radius 1 is 1.43 bits per heavy atom. The van der Waals surface area contributed by atoms with Gasteiger partial charge in [-0.05, 0) is 31.0 Å². The van der Waals surface area contributed by atoms with E-state index in [4.69, 9.17) is 17.3 Å². The van der Waals surface area contributed by atoms with Crippen molar-refractivity contribution in [3.63, 3.8) is 0 Å². The normalized spacial score (nSPS) is 11.7. The Hall–Kier alpha value is -1.31. The van der Waals surface area contributed by atoms with Crippen molar-refractivity contribution in [3.8, 4) is 0 Å². The molecule has 1 aromatic rings. The molecular weight excluding hydrogens is 314 g/mol. The summed E-state index contributed by atoms with van der Waals surface area (Å²) >= 11 is 6.00. The van der Waals surface area contributed by atoms with Crippen LogP contribution in [0, 0.1) is 6.92 Å². The number of hydrogen-bond donors (Lipinski definition) is 2. The molecule has 0 bridgehead atoms. The summed E-state index contributed by atoms with van der Waals surface area (Å²) < 4.78 is 26.4. The number of sulfonamides is 1. The summed E-state index contributed by atoms with van der Waals surface area (Å²) in [5.74, 6) is -0.377. The van der Waals surface area contributed by atoms with Crippen molar-refractivity contribution >= 4 is 33.2 Å². The van der Waals surface area contributed by atoms with E-state index in [2.05, 4.69) is 5.32 Å². The van der Waals surface area contributed by atoms with Crippen molar-refractivity contribution in [2.45, 2.75) is 25.2 Å². The minimum Gasteiger partial charge on any atom is -0.398 e. The second-order valence-corrected chi connectivity index (χ2v) is 6.98. The minimum atomic E-state index is -3.82. The van der Waals surface area contributed by atoms with Crippen molar-refractivity contribution in [1.29, 1.82) is 0 Å². The van der Waals surface area contributed by atoms with Gasteiger partial charge < -0.3 is 11.1 Å². The molecule has 0 heterocycles. The molecule has 0 unspecified atom stereocenters. The van der Waals surface area contributed by atoms with E-state index in [1.807, 2.05) is 6.92 Å². The molecule has 1 aromatic carbocycles. The van der Waals surface area contributed by atoms with Crippen LogP contribution in [0.1, 0.15) is 18.9 Å². The van der Waals surface area contributed by atoms with Gasteiger partial charge in [0.25, 0.3) is 0 Å². The van der Waals surface area contributed by atoms with E-state index < -0.39 is 10.0 Å². The Bertz CT molecular complexity index is 609. The standard InChI is InChI=1S/C13H20ClN3O3S/c1-4-5-17(8-13(18)16-3)21(19,20)10-6-11(14)9(2)12(15)7-10/h6-7H,4-5,8,15H2,1-3H3,(H,16,18). The van der Waals surface area contributed by atoms with Crippen molar-refractivity contribution in [2.75, 3.05) is 25.9 Å². The average molecular weight is 334 g/mol. The Morgan fingerprint density at radius 2 is 2.05 bits per heavy atom. The maximum absolute atomic E-state index is 12.6. The van der Waals surface area contributed by atoms with E-state index in [-0.39, 0.29) is 28.9 Å². The molecule has 0 saturated carbocycles. The first kappa shape index (κ1) is 17.7. The molecule has 0 atom stereocenters. The van der Waals surface area contributed by atoms with Gasteiger partial charge in [-0.3, -0.25) is 4.79 Å². The monoisotopic (exact) mass is 333 g/mol. The second-order valence-electron chi connectivity index (χ2n) is 4.63. The lowest BCUT2D eigenvalue weighted by Crippen LogP contribution is -2.40. The molecular formula is C13H20ClN3O3S. The number of amides is 1. The summed E-state index contributed by atoms with van der Waals surface area (Å²) in [5, 5.41) is 2.70. The van der Waals surface area contributed by atoms with E-state index in [0.29, 0.717) is 17.7 Å². The molecule has 0 aliphatic heterocycles. The highest BCUT2D eigenvalue weighted by molar-refractivity contribution is 7.89. The van der Waals surface area contributed by atoms with Crippen LogP contribution in [-0.4, -0.2) is 38.8 Å². The lowest BCUT2D eigenvalue weighted by Gasteiger charge is -2.21. The number of nitrogens with two attached hydrogens (primary N) is 1. The quantitative estimate of drug-likeness (QED) is 0.769. The van der Waals surface area contributed by atoms with E-state index in [1.165, 1.54) is 19.2 Å². The molecule has 21 heavy (non-hydrogen) atoms. The van der Waals surface area contributed by atoms with Gasteiger partial charge in [-0.25, -0.2) is 8.42 Å². The van der Waals surface area contributed by atoms with Gasteiger partial charge in [0.1, 0.15) is 0 Å². The zero-order valence-electron chi connectivity index (χ0n) is 12.3. The third-order valence-corrected chi connectivity index (χ3v) is 5.28. The Balaban J connectivity index is 3.25. The number of benzene rings is 1. The topological polar surface area (TPSA) is 92.5 Å². The molecule has 8 heteroatoms. The van der Waals surface area contributed by atoms with E-state index >= 15 is 0 Å². The fourth-order valence-corrected chi connectivity index (χ4v) is 3.59. The Kier molecular flexibility index (Phi) is 6.00. The zero-order chi connectivity index (χ0) is 16.2. The third-order valence-electron chi connectivity index (χ3n) is 3.07. The summed E-state index contributed by atoms with van der Waals surface area (Å²) in [4.78, 5) is 11.5. The fraction of sp³-hybridized carbons (Fsp3) is 0.462. The number of anilines is 1. The van der Waals surface area contributed by atoms with E-state index in [0.717, 1.165) is 4.31 Å². The Labute approximate surface area is 130 Å². The van der Waals surface area contributed by atoms with Crippen LogP contribution in [0.4, 0.5) is 5.69 Å². The maximum Gasteiger partial charge on any atom is 0.243 e. The third kappa shape index (κ3) is 4.09. The zero-order valence-corrected chi connectivity index (χ0v) is 13.9. The van der Waals surface area contributed by atoms with Crippen LogP contribution in [0.15, 0.2) is 17.0 Å². The van der Waals surface area contributed by atoms with Gasteiger partial charge in [-0.1, -0.05) is 18.5 Å². The largest absolute Gasteiger partial charge is 0.398 e. The van der Waals surface area contributed by atoms with Crippen LogP contribution in [0.2, 0.25) is 5.02 Å². The van der Waals surface area contributed by atoms with Gasteiger partial charge >= 0.3 is 0 Å². The van der Waals surface area contributed by atoms with Crippen molar-refractivity contribution in [1.82, 2.24) is 9.62 Å². The molecule has 6 nitrogen and oxygen atoms in total. The van der Waals surface area contributed by atoms with Crippen LogP contribution in [0.25, 0.3) is 0 Å². The van der Waals surface area contributed by atoms with Gasteiger partial charge in [0.15, 0.2) is 0 Å². The van der Waals surface area contributed by atoms with Gasteiger partial charge in [-0.2, -0.15) is 4.31 Å². The summed E-state index contributed by atoms with van der Waals surface area (Å²) in [7, 11) is -2.36. The Morgan fingerprint density at radius 3 is 2.52 bits per heavy atom. The molecule has 0 aliphatic rings. The smallest absolute Gasteiger partial charge is 0.243 e. The number of nitrogens with zero attached hydrogens (tertiary/aromatic N) is 1. The summed E-state index contributed by atoms with van der Waals surface area (Å²) in [6.07, 6.45) is 0.589. The number of carbonyl (C=O) groups is 1. The molecule has 0 fully saturated rings. The summed E-state index contributed by atoms with van der Waals surface area (Å²) in [6.45, 7) is 3.55. The van der Waals surface area contributed by atoms with Crippen molar-refractivity contribution in [2.24, 2.45) is 0 Å². The first-order valence-electron chi connectivity index (χ1n) is 6.50. The summed E-state index contributed by atoms with van der Waals surface area (Å²) in [6, 6.07) is 2.72. The first-order chi connectivity index (χ1) is 9.73. The van der Waals surface area contributed by atoms with Crippen LogP contribution in [-0.2, 0) is 14.8 Å². The van der Waals surface area contributed by atoms with Gasteiger partial charge in [0.2, 0.25) is 15.9 Å². The number of rotatable bonds is 6. The number of nitrogens with one attached hydrogen (secondary N) is 1. The number of nitrogen functional groups attached to an aromatic ring is 1. The van der Waals surface area contributed by atoms with Crippen molar-refractivity contribution < 1.29 is 13.2 Å². The van der Waals surface area contributed by atoms with Crippen LogP contribution in [0.5, 0.6) is 0 Å². The molecule has 0 radical (unpaired) electrons. The molecule has 1 rings (SSSR count). The maximum atomic E-state index is 12.6. The second kappa shape index (κ2) is 7.11. The molecule has 118 valence electrons. The highest BCUT2D eigenvalue weighted by Gasteiger charge is 2.26.